The first-order valence-electron chi connectivity index (χ1n) is 5.64. The average Bonchev–Trinajstić information content (AvgIpc) is 2.38. The van der Waals surface area contributed by atoms with Gasteiger partial charge in [-0.25, -0.2) is 8.42 Å². The second-order valence-electron chi connectivity index (χ2n) is 4.04. The maximum absolute atomic E-state index is 12.1. The van der Waals surface area contributed by atoms with Crippen LogP contribution in [0.5, 0.6) is 0 Å². The van der Waals surface area contributed by atoms with Crippen LogP contribution in [-0.4, -0.2) is 14.2 Å². The van der Waals surface area contributed by atoms with Crippen molar-refractivity contribution in [3.63, 3.8) is 0 Å². The maximum Gasteiger partial charge on any atom is 0.230 e. The largest absolute Gasteiger partial charge is 0.365 e. The van der Waals surface area contributed by atoms with Crippen molar-refractivity contribution in [2.45, 2.75) is 18.2 Å². The van der Waals surface area contributed by atoms with E-state index >= 15 is 0 Å². The Balaban J connectivity index is 2.03. The maximum atomic E-state index is 12.1. The zero-order valence-electron chi connectivity index (χ0n) is 10.1. The Hall–Kier alpha value is -1.20. The molecule has 1 aromatic carbocycles. The molecule has 1 aliphatic heterocycles. The highest BCUT2D eigenvalue weighted by Gasteiger charge is 2.15. The van der Waals surface area contributed by atoms with Crippen LogP contribution in [0.3, 0.4) is 0 Å². The Morgan fingerprint density at radius 2 is 2.00 bits per heavy atom. The molecule has 0 saturated carbocycles. The molecule has 0 atom stereocenters. The van der Waals surface area contributed by atoms with Crippen molar-refractivity contribution in [3.05, 3.63) is 53.9 Å². The van der Waals surface area contributed by atoms with Gasteiger partial charge >= 0.3 is 0 Å². The van der Waals surface area contributed by atoms with Crippen molar-refractivity contribution in [1.29, 1.82) is 0 Å². The summed E-state index contributed by atoms with van der Waals surface area (Å²) in [5.41, 5.74) is 2.00. The van der Waals surface area contributed by atoms with Gasteiger partial charge in [-0.2, -0.15) is 0 Å². The highest BCUT2D eigenvalue weighted by atomic mass is 33.1. The predicted molar refractivity (Wildman–Crippen MR) is 75.8 cm³/mol. The quantitative estimate of drug-likeness (QED) is 0.862. The average molecular weight is 281 g/mol. The van der Waals surface area contributed by atoms with Crippen LogP contribution in [0.2, 0.25) is 0 Å². The summed E-state index contributed by atoms with van der Waals surface area (Å²) in [6.45, 7) is 1.94. The van der Waals surface area contributed by atoms with E-state index < -0.39 is 8.87 Å². The van der Waals surface area contributed by atoms with Crippen LogP contribution in [0.1, 0.15) is 12.0 Å². The Morgan fingerprint density at radius 1 is 1.28 bits per heavy atom. The van der Waals surface area contributed by atoms with Crippen LogP contribution >= 0.6 is 10.8 Å². The van der Waals surface area contributed by atoms with E-state index in [9.17, 15) is 8.42 Å². The summed E-state index contributed by atoms with van der Waals surface area (Å²) in [4.78, 5) is 0.366. The molecule has 0 radical (unpaired) electrons. The van der Waals surface area contributed by atoms with E-state index in [-0.39, 0.29) is 0 Å². The molecule has 0 fully saturated rings. The van der Waals surface area contributed by atoms with E-state index in [1.807, 2.05) is 37.4 Å². The van der Waals surface area contributed by atoms with Crippen molar-refractivity contribution < 1.29 is 8.42 Å². The normalized spacial score (nSPS) is 15.1. The highest BCUT2D eigenvalue weighted by Crippen LogP contribution is 2.25. The van der Waals surface area contributed by atoms with E-state index in [2.05, 4.69) is 5.32 Å². The van der Waals surface area contributed by atoms with E-state index in [0.717, 1.165) is 28.5 Å². The van der Waals surface area contributed by atoms with Gasteiger partial charge < -0.3 is 5.32 Å². The fourth-order valence-electron chi connectivity index (χ4n) is 1.52. The lowest BCUT2D eigenvalue weighted by atomic mass is 10.2. The molecule has 0 unspecified atom stereocenters. The summed E-state index contributed by atoms with van der Waals surface area (Å²) in [5, 5.41) is 3.05. The van der Waals surface area contributed by atoms with Gasteiger partial charge in [-0.1, -0.05) is 29.8 Å². The molecule has 1 aromatic rings. The van der Waals surface area contributed by atoms with Crippen molar-refractivity contribution in [1.82, 2.24) is 5.32 Å². The second kappa shape index (κ2) is 5.63. The zero-order chi connectivity index (χ0) is 13.0. The SMILES string of the molecule is Cc1ccc(S(=O)(=O)SCC2=CCC=CN2)cc1. The Labute approximate surface area is 111 Å². The number of benzene rings is 1. The van der Waals surface area contributed by atoms with Crippen molar-refractivity contribution in [3.8, 4) is 0 Å². The Bertz CT molecular complexity index is 572. The summed E-state index contributed by atoms with van der Waals surface area (Å²) < 4.78 is 24.2. The minimum atomic E-state index is -3.26. The number of dihydropyridines is 1. The van der Waals surface area contributed by atoms with Crippen LogP contribution in [0.4, 0.5) is 0 Å². The lowest BCUT2D eigenvalue weighted by Gasteiger charge is -2.10. The Kier molecular flexibility index (Phi) is 4.14. The third kappa shape index (κ3) is 3.40. The molecule has 0 amide bonds. The fraction of sp³-hybridized carbons (Fsp3) is 0.231. The standard InChI is InChI=1S/C13H15NO2S2/c1-11-5-7-13(8-6-11)18(15,16)17-10-12-4-2-3-9-14-12/h3-9,14H,2,10H2,1H3. The smallest absolute Gasteiger partial charge is 0.230 e. The van der Waals surface area contributed by atoms with Crippen LogP contribution in [0.25, 0.3) is 0 Å². The number of aryl methyl sites for hydroxylation is 1. The molecular formula is C13H15NO2S2. The minimum Gasteiger partial charge on any atom is -0.365 e. The van der Waals surface area contributed by atoms with Crippen molar-refractivity contribution in [2.75, 3.05) is 5.75 Å². The monoisotopic (exact) mass is 281 g/mol. The molecule has 1 N–H and O–H groups in total. The topological polar surface area (TPSA) is 46.2 Å². The van der Waals surface area contributed by atoms with Crippen LogP contribution in [0, 0.1) is 6.92 Å². The predicted octanol–water partition coefficient (Wildman–Crippen LogP) is 2.81. The van der Waals surface area contributed by atoms with Gasteiger partial charge in [0.15, 0.2) is 0 Å². The van der Waals surface area contributed by atoms with Gasteiger partial charge in [0, 0.05) is 11.4 Å². The zero-order valence-corrected chi connectivity index (χ0v) is 11.7. The summed E-state index contributed by atoms with van der Waals surface area (Å²) in [5.74, 6) is 0.445. The van der Waals surface area contributed by atoms with Gasteiger partial charge in [0.05, 0.1) is 4.90 Å². The second-order valence-corrected chi connectivity index (χ2v) is 7.97. The molecule has 0 saturated heterocycles. The van der Waals surface area contributed by atoms with Crippen molar-refractivity contribution in [2.24, 2.45) is 0 Å². The summed E-state index contributed by atoms with van der Waals surface area (Å²) in [7, 11) is -2.31. The van der Waals surface area contributed by atoms with Gasteiger partial charge in [-0.05, 0) is 42.5 Å². The number of rotatable bonds is 4. The number of allylic oxidation sites excluding steroid dienone is 2. The lowest BCUT2D eigenvalue weighted by molar-refractivity contribution is 0.610. The molecule has 0 aliphatic carbocycles. The van der Waals surface area contributed by atoms with Crippen LogP contribution in [-0.2, 0) is 8.87 Å². The molecular weight excluding hydrogens is 266 g/mol. The molecule has 0 spiro atoms. The number of nitrogens with one attached hydrogen (secondary N) is 1. The minimum absolute atomic E-state index is 0.366. The fourth-order valence-corrected chi connectivity index (χ4v) is 4.19. The molecule has 96 valence electrons. The molecule has 0 bridgehead atoms. The third-order valence-corrected chi connectivity index (χ3v) is 6.02. The Morgan fingerprint density at radius 3 is 2.61 bits per heavy atom. The van der Waals surface area contributed by atoms with Gasteiger partial charge in [0.1, 0.15) is 0 Å². The van der Waals surface area contributed by atoms with E-state index in [0.29, 0.717) is 10.6 Å². The first kappa shape index (κ1) is 13.2. The van der Waals surface area contributed by atoms with Crippen molar-refractivity contribution >= 4 is 19.7 Å². The highest BCUT2D eigenvalue weighted by molar-refractivity contribution is 8.72. The lowest BCUT2D eigenvalue weighted by Crippen LogP contribution is -2.11. The molecule has 0 aromatic heterocycles. The first-order chi connectivity index (χ1) is 8.58. The summed E-state index contributed by atoms with van der Waals surface area (Å²) in [6, 6.07) is 6.93. The van der Waals surface area contributed by atoms with Crippen LogP contribution < -0.4 is 5.32 Å². The molecule has 5 heteroatoms. The van der Waals surface area contributed by atoms with Gasteiger partial charge in [0.2, 0.25) is 8.87 Å². The molecule has 18 heavy (non-hydrogen) atoms. The number of hydrogen-bond donors (Lipinski definition) is 1. The third-order valence-electron chi connectivity index (χ3n) is 2.57. The first-order valence-corrected chi connectivity index (χ1v) is 8.63. The van der Waals surface area contributed by atoms with Gasteiger partial charge in [-0.15, -0.1) is 0 Å². The van der Waals surface area contributed by atoms with Crippen LogP contribution in [0.15, 0.2) is 53.2 Å². The van der Waals surface area contributed by atoms with Gasteiger partial charge in [-0.3, -0.25) is 0 Å². The van der Waals surface area contributed by atoms with E-state index in [1.165, 1.54) is 0 Å². The molecule has 2 rings (SSSR count). The van der Waals surface area contributed by atoms with E-state index in [1.54, 1.807) is 12.1 Å². The van der Waals surface area contributed by atoms with Gasteiger partial charge in [0.25, 0.3) is 0 Å². The molecule has 1 aliphatic rings. The molecule has 1 heterocycles. The summed E-state index contributed by atoms with van der Waals surface area (Å²) in [6.07, 6.45) is 6.68. The molecule has 3 nitrogen and oxygen atoms in total. The summed E-state index contributed by atoms with van der Waals surface area (Å²) >= 11 is 0. The van der Waals surface area contributed by atoms with E-state index in [4.69, 9.17) is 0 Å². The number of hydrogen-bond acceptors (Lipinski definition) is 4.